The lowest BCUT2D eigenvalue weighted by atomic mass is 9.91. The van der Waals surface area contributed by atoms with Crippen LogP contribution in [0.15, 0.2) is 42.1 Å². The number of nitrogens with two attached hydrogens (primary N) is 1. The van der Waals surface area contributed by atoms with Gasteiger partial charge in [0.05, 0.1) is 0 Å². The summed E-state index contributed by atoms with van der Waals surface area (Å²) in [5, 5.41) is 8.66. The van der Waals surface area contributed by atoms with Crippen LogP contribution in [0.1, 0.15) is 23.6 Å². The van der Waals surface area contributed by atoms with E-state index in [1.54, 1.807) is 12.3 Å². The summed E-state index contributed by atoms with van der Waals surface area (Å²) in [6.07, 6.45) is 9.09. The minimum absolute atomic E-state index is 0.357. The number of nitrogens with zero attached hydrogens (tertiary/aromatic N) is 2. The highest BCUT2D eigenvalue weighted by Gasteiger charge is 2.10. The largest absolute Gasteiger partial charge is 0.327 e. The molecule has 1 atom stereocenters. The molecule has 1 aromatic rings. The predicted molar refractivity (Wildman–Crippen MR) is 62.6 cm³/mol. The topological polar surface area (TPSA) is 62.7 Å². The molecule has 1 aromatic heterocycles. The van der Waals surface area contributed by atoms with Crippen LogP contribution >= 0.6 is 0 Å². The number of nitriles is 1. The maximum atomic E-state index is 8.66. The molecule has 0 aliphatic heterocycles. The standard InChI is InChI=1S/C13H13N3/c14-7-10-1-3-11(4-2-10)12-5-6-13(8-15)16-9-12/h1-3,5-6,9,11H,4,7,14H2. The highest BCUT2D eigenvalue weighted by Crippen LogP contribution is 2.25. The molecule has 0 saturated heterocycles. The number of pyridine rings is 1. The van der Waals surface area contributed by atoms with Crippen molar-refractivity contribution < 1.29 is 0 Å². The average Bonchev–Trinajstić information content (AvgIpc) is 2.39. The number of allylic oxidation sites excluding steroid dienone is 2. The maximum absolute atomic E-state index is 8.66. The van der Waals surface area contributed by atoms with Crippen LogP contribution < -0.4 is 5.73 Å². The Hall–Kier alpha value is -1.92. The molecule has 0 radical (unpaired) electrons. The molecule has 0 fully saturated rings. The van der Waals surface area contributed by atoms with Gasteiger partial charge in [0, 0.05) is 18.7 Å². The smallest absolute Gasteiger partial charge is 0.140 e. The third kappa shape index (κ3) is 2.18. The number of aromatic nitrogens is 1. The summed E-state index contributed by atoms with van der Waals surface area (Å²) in [6.45, 7) is 0.592. The maximum Gasteiger partial charge on any atom is 0.140 e. The molecule has 1 aliphatic rings. The zero-order chi connectivity index (χ0) is 11.4. The summed E-state index contributed by atoms with van der Waals surface area (Å²) in [5.74, 6) is 0.357. The number of rotatable bonds is 2. The van der Waals surface area contributed by atoms with Crippen LogP contribution in [0.3, 0.4) is 0 Å². The molecule has 0 aromatic carbocycles. The molecule has 1 unspecified atom stereocenters. The van der Waals surface area contributed by atoms with Gasteiger partial charge in [-0.3, -0.25) is 0 Å². The molecule has 16 heavy (non-hydrogen) atoms. The van der Waals surface area contributed by atoms with Gasteiger partial charge in [-0.25, -0.2) is 4.98 Å². The van der Waals surface area contributed by atoms with E-state index in [-0.39, 0.29) is 0 Å². The van der Waals surface area contributed by atoms with Crippen LogP contribution in [-0.4, -0.2) is 11.5 Å². The zero-order valence-corrected chi connectivity index (χ0v) is 8.93. The first-order valence-corrected chi connectivity index (χ1v) is 5.27. The van der Waals surface area contributed by atoms with E-state index in [1.165, 1.54) is 5.57 Å². The van der Waals surface area contributed by atoms with Crippen molar-refractivity contribution >= 4 is 0 Å². The van der Waals surface area contributed by atoms with E-state index in [1.807, 2.05) is 12.1 Å². The van der Waals surface area contributed by atoms with Crippen LogP contribution in [0.25, 0.3) is 0 Å². The highest BCUT2D eigenvalue weighted by molar-refractivity contribution is 5.33. The van der Waals surface area contributed by atoms with Crippen LogP contribution in [0.4, 0.5) is 0 Å². The molecule has 3 heteroatoms. The monoisotopic (exact) mass is 211 g/mol. The van der Waals surface area contributed by atoms with Gasteiger partial charge in [0.1, 0.15) is 11.8 Å². The molecule has 80 valence electrons. The molecule has 0 bridgehead atoms. The van der Waals surface area contributed by atoms with Gasteiger partial charge in [0.15, 0.2) is 0 Å². The van der Waals surface area contributed by atoms with E-state index in [9.17, 15) is 0 Å². The summed E-state index contributed by atoms with van der Waals surface area (Å²) in [5.41, 5.74) is 8.34. The minimum Gasteiger partial charge on any atom is -0.327 e. The molecular weight excluding hydrogens is 198 g/mol. The molecule has 3 nitrogen and oxygen atoms in total. The van der Waals surface area contributed by atoms with Gasteiger partial charge in [-0.05, 0) is 23.6 Å². The molecular formula is C13H13N3. The fraction of sp³-hybridized carbons (Fsp3) is 0.231. The van der Waals surface area contributed by atoms with Gasteiger partial charge in [-0.15, -0.1) is 0 Å². The van der Waals surface area contributed by atoms with E-state index in [2.05, 4.69) is 23.2 Å². The van der Waals surface area contributed by atoms with Crippen LogP contribution in [0.2, 0.25) is 0 Å². The summed E-state index contributed by atoms with van der Waals surface area (Å²) in [6, 6.07) is 5.73. The first-order valence-electron chi connectivity index (χ1n) is 5.27. The normalized spacial score (nSPS) is 19.0. The van der Waals surface area contributed by atoms with E-state index < -0.39 is 0 Å². The van der Waals surface area contributed by atoms with Gasteiger partial charge in [-0.2, -0.15) is 5.26 Å². The third-order valence-electron chi connectivity index (χ3n) is 2.74. The Morgan fingerprint density at radius 3 is 2.88 bits per heavy atom. The fourth-order valence-corrected chi connectivity index (χ4v) is 1.75. The quantitative estimate of drug-likeness (QED) is 0.812. The van der Waals surface area contributed by atoms with Gasteiger partial charge in [0.2, 0.25) is 0 Å². The Balaban J connectivity index is 2.13. The van der Waals surface area contributed by atoms with E-state index >= 15 is 0 Å². The van der Waals surface area contributed by atoms with Crippen molar-refractivity contribution in [3.8, 4) is 6.07 Å². The van der Waals surface area contributed by atoms with Gasteiger partial charge in [0.25, 0.3) is 0 Å². The van der Waals surface area contributed by atoms with Crippen LogP contribution in [0, 0.1) is 11.3 Å². The summed E-state index contributed by atoms with van der Waals surface area (Å²) in [4.78, 5) is 4.07. The molecule has 1 aliphatic carbocycles. The zero-order valence-electron chi connectivity index (χ0n) is 8.93. The summed E-state index contributed by atoms with van der Waals surface area (Å²) >= 11 is 0. The minimum atomic E-state index is 0.357. The Kier molecular flexibility index (Phi) is 3.13. The molecule has 0 spiro atoms. The lowest BCUT2D eigenvalue weighted by Gasteiger charge is -2.15. The number of hydrogen-bond acceptors (Lipinski definition) is 3. The fourth-order valence-electron chi connectivity index (χ4n) is 1.75. The van der Waals surface area contributed by atoms with Crippen molar-refractivity contribution in [3.05, 3.63) is 53.4 Å². The highest BCUT2D eigenvalue weighted by atomic mass is 14.7. The molecule has 1 heterocycles. The van der Waals surface area contributed by atoms with Crippen molar-refractivity contribution in [1.29, 1.82) is 5.26 Å². The van der Waals surface area contributed by atoms with Crippen molar-refractivity contribution in [2.75, 3.05) is 6.54 Å². The molecule has 2 rings (SSSR count). The van der Waals surface area contributed by atoms with Crippen LogP contribution in [-0.2, 0) is 0 Å². The second-order valence-corrected chi connectivity index (χ2v) is 3.77. The first kappa shape index (κ1) is 10.6. The second kappa shape index (κ2) is 4.73. The lowest BCUT2D eigenvalue weighted by molar-refractivity contribution is 0.833. The SMILES string of the molecule is N#Cc1ccc(C2C=CC(CN)=CC2)cn1. The van der Waals surface area contributed by atoms with Gasteiger partial charge >= 0.3 is 0 Å². The Morgan fingerprint density at radius 1 is 1.50 bits per heavy atom. The molecule has 2 N–H and O–H groups in total. The van der Waals surface area contributed by atoms with Crippen molar-refractivity contribution in [2.45, 2.75) is 12.3 Å². The Morgan fingerprint density at radius 2 is 2.38 bits per heavy atom. The summed E-state index contributed by atoms with van der Waals surface area (Å²) < 4.78 is 0. The van der Waals surface area contributed by atoms with Crippen LogP contribution in [0.5, 0.6) is 0 Å². The van der Waals surface area contributed by atoms with Crippen molar-refractivity contribution in [3.63, 3.8) is 0 Å². The van der Waals surface area contributed by atoms with E-state index in [4.69, 9.17) is 11.0 Å². The van der Waals surface area contributed by atoms with E-state index in [0.29, 0.717) is 18.2 Å². The number of hydrogen-bond donors (Lipinski definition) is 1. The van der Waals surface area contributed by atoms with Crippen molar-refractivity contribution in [1.82, 2.24) is 4.98 Å². The lowest BCUT2D eigenvalue weighted by Crippen LogP contribution is -2.06. The summed E-state index contributed by atoms with van der Waals surface area (Å²) in [7, 11) is 0. The first-order chi connectivity index (χ1) is 7.83. The van der Waals surface area contributed by atoms with Crippen molar-refractivity contribution in [2.24, 2.45) is 5.73 Å². The molecule has 0 amide bonds. The van der Waals surface area contributed by atoms with E-state index in [0.717, 1.165) is 12.0 Å². The predicted octanol–water partition coefficient (Wildman–Crippen LogP) is 1.88. The third-order valence-corrected chi connectivity index (χ3v) is 2.74. The second-order valence-electron chi connectivity index (χ2n) is 3.77. The Labute approximate surface area is 94.9 Å². The molecule has 0 saturated carbocycles. The van der Waals surface area contributed by atoms with Gasteiger partial charge in [-0.1, -0.05) is 24.3 Å². The average molecular weight is 211 g/mol. The Bertz CT molecular complexity index is 463. The van der Waals surface area contributed by atoms with Gasteiger partial charge < -0.3 is 5.73 Å².